The van der Waals surface area contributed by atoms with Crippen molar-refractivity contribution in [1.29, 1.82) is 0 Å². The first-order valence-corrected chi connectivity index (χ1v) is 25.0. The number of hydrogen-bond acceptors (Lipinski definition) is 12. The average molecular weight is 955 g/mol. The summed E-state index contributed by atoms with van der Waals surface area (Å²) in [7, 11) is 10.3. The van der Waals surface area contributed by atoms with E-state index in [0.717, 1.165) is 38.5 Å². The second-order valence-electron chi connectivity index (χ2n) is 18.3. The van der Waals surface area contributed by atoms with Gasteiger partial charge >= 0.3 is 0 Å². The van der Waals surface area contributed by atoms with Crippen molar-refractivity contribution in [2.45, 2.75) is 54.8 Å². The van der Waals surface area contributed by atoms with Crippen molar-refractivity contribution < 1.29 is 56.8 Å². The van der Waals surface area contributed by atoms with Gasteiger partial charge in [-0.3, -0.25) is 0 Å². The van der Waals surface area contributed by atoms with E-state index in [-0.39, 0.29) is 0 Å². The highest BCUT2D eigenvalue weighted by molar-refractivity contribution is 6.05. The van der Waals surface area contributed by atoms with Crippen LogP contribution in [0.25, 0.3) is 33.4 Å². The molecule has 0 N–H and O–H groups in total. The zero-order valence-corrected chi connectivity index (χ0v) is 42.3. The van der Waals surface area contributed by atoms with E-state index in [1.54, 1.807) is 42.7 Å². The minimum Gasteiger partial charge on any atom is -0.382 e. The van der Waals surface area contributed by atoms with Gasteiger partial charge in [0.25, 0.3) is 0 Å². The van der Waals surface area contributed by atoms with Crippen molar-refractivity contribution in [1.82, 2.24) is 0 Å². The summed E-state index contributed by atoms with van der Waals surface area (Å²) < 4.78 is 71.8. The van der Waals surface area contributed by atoms with Gasteiger partial charge in [0.15, 0.2) is 0 Å². The van der Waals surface area contributed by atoms with Gasteiger partial charge in [0.2, 0.25) is 0 Å². The Kier molecular flexibility index (Phi) is 20.6. The van der Waals surface area contributed by atoms with Crippen LogP contribution in [0.15, 0.2) is 72.8 Å². The lowest BCUT2D eigenvalue weighted by Gasteiger charge is -2.39. The van der Waals surface area contributed by atoms with E-state index in [0.29, 0.717) is 119 Å². The van der Waals surface area contributed by atoms with Crippen LogP contribution in [0, 0.1) is 0 Å². The molecular weight excluding hydrogens is 877 g/mol. The van der Waals surface area contributed by atoms with Gasteiger partial charge in [-0.15, -0.1) is 0 Å². The van der Waals surface area contributed by atoms with Gasteiger partial charge in [0.05, 0.1) is 79.3 Å². The summed E-state index contributed by atoms with van der Waals surface area (Å²) >= 11 is 0. The molecule has 0 bridgehead atoms. The lowest BCUT2D eigenvalue weighted by Crippen LogP contribution is -2.34. The first-order chi connectivity index (χ1) is 34.0. The SMILES string of the molecule is COCCOCCC1(CCOCCOC)c2ccccc2-c2c1c1c(c3c2C(CCOCCOC)(CCOCCOC)c2ccccc2-3)C(CCOCCOC)(CCOCCOC)c2ccccc2-1. The Balaban J connectivity index is 1.60. The molecule has 3 aliphatic rings. The van der Waals surface area contributed by atoms with Crippen molar-refractivity contribution in [3.63, 3.8) is 0 Å². The summed E-state index contributed by atoms with van der Waals surface area (Å²) in [5.41, 5.74) is 14.2. The minimum atomic E-state index is -0.497. The van der Waals surface area contributed by atoms with Crippen molar-refractivity contribution in [2.24, 2.45) is 0 Å². The van der Waals surface area contributed by atoms with Crippen LogP contribution in [0.5, 0.6) is 0 Å². The summed E-state index contributed by atoms with van der Waals surface area (Å²) in [6.45, 7) is 9.47. The van der Waals surface area contributed by atoms with Crippen LogP contribution in [0.4, 0.5) is 0 Å². The predicted octanol–water partition coefficient (Wildman–Crippen LogP) is 8.80. The smallest absolute Gasteiger partial charge is 0.0700 e. The molecule has 7 rings (SSSR count). The molecule has 0 spiro atoms. The Morgan fingerprint density at radius 2 is 0.464 bits per heavy atom. The molecule has 0 aliphatic heterocycles. The molecular formula is C57H78O12. The summed E-state index contributed by atoms with van der Waals surface area (Å²) in [6, 6.07) is 27.4. The predicted molar refractivity (Wildman–Crippen MR) is 269 cm³/mol. The van der Waals surface area contributed by atoms with Gasteiger partial charge in [-0.25, -0.2) is 0 Å². The van der Waals surface area contributed by atoms with Gasteiger partial charge in [-0.1, -0.05) is 72.8 Å². The zero-order chi connectivity index (χ0) is 48.4. The second-order valence-corrected chi connectivity index (χ2v) is 18.3. The molecule has 0 radical (unpaired) electrons. The minimum absolute atomic E-state index is 0.497. The number of hydrogen-bond donors (Lipinski definition) is 0. The van der Waals surface area contributed by atoms with Crippen LogP contribution in [0.3, 0.4) is 0 Å². The third-order valence-corrected chi connectivity index (χ3v) is 14.7. The van der Waals surface area contributed by atoms with Gasteiger partial charge < -0.3 is 56.8 Å². The van der Waals surface area contributed by atoms with E-state index < -0.39 is 16.2 Å². The molecule has 0 amide bonds. The highest BCUT2D eigenvalue weighted by Crippen LogP contribution is 2.70. The fourth-order valence-electron chi connectivity index (χ4n) is 11.6. The number of methoxy groups -OCH3 is 6. The van der Waals surface area contributed by atoms with Crippen molar-refractivity contribution >= 4 is 0 Å². The Bertz CT molecular complexity index is 1880. The molecule has 0 saturated carbocycles. The molecule has 0 atom stereocenters. The van der Waals surface area contributed by atoms with Gasteiger partial charge in [0.1, 0.15) is 0 Å². The first kappa shape index (κ1) is 53.2. The van der Waals surface area contributed by atoms with E-state index in [9.17, 15) is 0 Å². The Morgan fingerprint density at radius 3 is 0.667 bits per heavy atom. The van der Waals surface area contributed by atoms with Gasteiger partial charge in [-0.05, 0) is 105 Å². The molecule has 4 aromatic carbocycles. The fraction of sp³-hybridized carbons (Fsp3) is 0.579. The highest BCUT2D eigenvalue weighted by atomic mass is 16.5. The molecule has 69 heavy (non-hydrogen) atoms. The number of ether oxygens (including phenoxy) is 12. The van der Waals surface area contributed by atoms with Crippen LogP contribution in [-0.2, 0) is 73.1 Å². The molecule has 0 fully saturated rings. The van der Waals surface area contributed by atoms with Crippen LogP contribution in [-0.4, -0.2) is 162 Å². The number of benzene rings is 4. The third-order valence-electron chi connectivity index (χ3n) is 14.7. The Labute approximate surface area is 411 Å². The molecule has 0 unspecified atom stereocenters. The normalized spacial score (nSPS) is 15.2. The summed E-state index contributed by atoms with van der Waals surface area (Å²) in [6.07, 6.45) is 4.47. The summed E-state index contributed by atoms with van der Waals surface area (Å²) in [5, 5.41) is 0. The molecule has 3 aliphatic carbocycles. The molecule has 4 aromatic rings. The van der Waals surface area contributed by atoms with Crippen LogP contribution >= 0.6 is 0 Å². The largest absolute Gasteiger partial charge is 0.382 e. The topological polar surface area (TPSA) is 111 Å². The molecule has 378 valence electrons. The molecule has 0 saturated heterocycles. The van der Waals surface area contributed by atoms with Crippen LogP contribution in [0.2, 0.25) is 0 Å². The van der Waals surface area contributed by atoms with Gasteiger partial charge in [0, 0.05) is 98.5 Å². The quantitative estimate of drug-likeness (QED) is 0.0407. The molecule has 12 nitrogen and oxygen atoms in total. The van der Waals surface area contributed by atoms with Crippen LogP contribution < -0.4 is 0 Å². The van der Waals surface area contributed by atoms with Crippen molar-refractivity contribution in [3.05, 3.63) is 106 Å². The van der Waals surface area contributed by atoms with E-state index in [1.807, 2.05) is 0 Å². The molecule has 0 aromatic heterocycles. The summed E-state index contributed by atoms with van der Waals surface area (Å²) in [5.74, 6) is 0. The lowest BCUT2D eigenvalue weighted by atomic mass is 9.65. The maximum absolute atomic E-state index is 6.50. The number of fused-ring (bicyclic) bond motifs is 12. The third kappa shape index (κ3) is 11.2. The maximum Gasteiger partial charge on any atom is 0.0700 e. The molecule has 0 heterocycles. The second kappa shape index (κ2) is 26.7. The average Bonchev–Trinajstić information content (AvgIpc) is 3.93. The highest BCUT2D eigenvalue weighted by Gasteiger charge is 2.57. The lowest BCUT2D eigenvalue weighted by molar-refractivity contribution is 0.0483. The van der Waals surface area contributed by atoms with Crippen molar-refractivity contribution in [2.75, 3.05) is 162 Å². The van der Waals surface area contributed by atoms with Crippen molar-refractivity contribution in [3.8, 4) is 33.4 Å². The molecule has 12 heteroatoms. The summed E-state index contributed by atoms with van der Waals surface area (Å²) in [4.78, 5) is 0. The Morgan fingerprint density at radius 1 is 0.261 bits per heavy atom. The zero-order valence-electron chi connectivity index (χ0n) is 42.3. The van der Waals surface area contributed by atoms with Gasteiger partial charge in [-0.2, -0.15) is 0 Å². The Hall–Kier alpha value is -3.60. The first-order valence-electron chi connectivity index (χ1n) is 25.0. The van der Waals surface area contributed by atoms with E-state index in [4.69, 9.17) is 56.8 Å². The van der Waals surface area contributed by atoms with E-state index >= 15 is 0 Å². The monoisotopic (exact) mass is 955 g/mol. The van der Waals surface area contributed by atoms with E-state index in [2.05, 4.69) is 72.8 Å². The standard InChI is InChI=1S/C57H78O12/c1-58-31-37-64-25-19-55(20-26-65-38-32-59-2)46-16-10-7-13-43(46)49-52(55)50-44-14-8-11-17-47(44)56(21-27-66-39-33-60-3,22-28-67-40-34-61-4)54(50)51-45-15-9-12-18-48(45)57(53(49)51,23-29-68-41-35-62-5)24-30-69-42-36-63-6/h7-18H,19-42H2,1-6H3. The maximum atomic E-state index is 6.50. The van der Waals surface area contributed by atoms with Crippen LogP contribution in [0.1, 0.15) is 71.9 Å². The fourth-order valence-corrected chi connectivity index (χ4v) is 11.6. The van der Waals surface area contributed by atoms with E-state index in [1.165, 1.54) is 66.8 Å². The number of rotatable bonds is 36.